The highest BCUT2D eigenvalue weighted by Crippen LogP contribution is 2.23. The van der Waals surface area contributed by atoms with Crippen LogP contribution in [-0.4, -0.2) is 15.0 Å². The summed E-state index contributed by atoms with van der Waals surface area (Å²) in [6, 6.07) is 12.8. The van der Waals surface area contributed by atoms with Gasteiger partial charge in [0.25, 0.3) is 0 Å². The Morgan fingerprint density at radius 2 is 1.86 bits per heavy atom. The van der Waals surface area contributed by atoms with E-state index in [0.717, 1.165) is 22.4 Å². The molecule has 0 aliphatic heterocycles. The zero-order valence-electron chi connectivity index (χ0n) is 13.1. The molecule has 0 saturated carbocycles. The number of hydrogen-bond donors (Lipinski definition) is 1. The van der Waals surface area contributed by atoms with Gasteiger partial charge >= 0.3 is 0 Å². The molecule has 4 nitrogen and oxygen atoms in total. The van der Waals surface area contributed by atoms with Gasteiger partial charge in [-0.1, -0.05) is 29.8 Å². The van der Waals surface area contributed by atoms with E-state index in [1.54, 1.807) is 18.2 Å². The van der Waals surface area contributed by atoms with E-state index in [1.165, 1.54) is 0 Å². The molecule has 0 spiro atoms. The maximum absolute atomic E-state index is 12.3. The molecule has 0 fully saturated rings. The van der Waals surface area contributed by atoms with E-state index in [9.17, 15) is 8.42 Å². The number of ether oxygens (including phenoxy) is 1. The molecule has 22 heavy (non-hydrogen) atoms. The molecule has 118 valence electrons. The van der Waals surface area contributed by atoms with Crippen molar-refractivity contribution < 1.29 is 13.2 Å². The van der Waals surface area contributed by atoms with Crippen LogP contribution in [0.1, 0.15) is 23.6 Å². The SMILES string of the molecule is CCOc1ccc(NS(=O)(=O)Cc2cccc(C)c2)cc1C. The van der Waals surface area contributed by atoms with Crippen LogP contribution in [0.3, 0.4) is 0 Å². The second-order valence-corrected chi connectivity index (χ2v) is 6.99. The second-order valence-electron chi connectivity index (χ2n) is 5.26. The minimum absolute atomic E-state index is 0.0407. The van der Waals surface area contributed by atoms with Crippen molar-refractivity contribution in [1.82, 2.24) is 0 Å². The van der Waals surface area contributed by atoms with Crippen molar-refractivity contribution in [3.05, 3.63) is 59.2 Å². The first-order chi connectivity index (χ1) is 10.4. The highest BCUT2D eigenvalue weighted by Gasteiger charge is 2.12. The van der Waals surface area contributed by atoms with Crippen LogP contribution in [0.4, 0.5) is 5.69 Å². The third-order valence-corrected chi connectivity index (χ3v) is 4.45. The number of rotatable bonds is 6. The van der Waals surface area contributed by atoms with Crippen LogP contribution in [0, 0.1) is 13.8 Å². The van der Waals surface area contributed by atoms with Crippen molar-refractivity contribution in [2.45, 2.75) is 26.5 Å². The van der Waals surface area contributed by atoms with Gasteiger partial charge in [0.15, 0.2) is 0 Å². The van der Waals surface area contributed by atoms with Gasteiger partial charge in [-0.15, -0.1) is 0 Å². The highest BCUT2D eigenvalue weighted by molar-refractivity contribution is 7.91. The molecule has 0 amide bonds. The van der Waals surface area contributed by atoms with Crippen molar-refractivity contribution in [1.29, 1.82) is 0 Å². The summed E-state index contributed by atoms with van der Waals surface area (Å²) in [6.45, 7) is 6.33. The molecule has 0 radical (unpaired) electrons. The fourth-order valence-corrected chi connectivity index (χ4v) is 3.44. The molecular formula is C17H21NO3S. The molecule has 0 heterocycles. The predicted molar refractivity (Wildman–Crippen MR) is 89.8 cm³/mol. The van der Waals surface area contributed by atoms with Gasteiger partial charge in [-0.25, -0.2) is 8.42 Å². The Hall–Kier alpha value is -2.01. The molecule has 0 aliphatic carbocycles. The molecular weight excluding hydrogens is 298 g/mol. The summed E-state index contributed by atoms with van der Waals surface area (Å²) < 4.78 is 32.6. The van der Waals surface area contributed by atoms with Gasteiger partial charge in [-0.05, 0) is 50.1 Å². The minimum Gasteiger partial charge on any atom is -0.494 e. The minimum atomic E-state index is -3.44. The van der Waals surface area contributed by atoms with Gasteiger partial charge in [-0.2, -0.15) is 0 Å². The van der Waals surface area contributed by atoms with E-state index in [-0.39, 0.29) is 5.75 Å². The zero-order chi connectivity index (χ0) is 16.2. The second kappa shape index (κ2) is 6.83. The summed E-state index contributed by atoms with van der Waals surface area (Å²) >= 11 is 0. The summed E-state index contributed by atoms with van der Waals surface area (Å²) in [5.41, 5.74) is 3.27. The van der Waals surface area contributed by atoms with E-state index in [2.05, 4.69) is 4.72 Å². The number of hydrogen-bond acceptors (Lipinski definition) is 3. The lowest BCUT2D eigenvalue weighted by Crippen LogP contribution is -2.15. The monoisotopic (exact) mass is 319 g/mol. The quantitative estimate of drug-likeness (QED) is 0.884. The molecule has 2 aromatic rings. The maximum Gasteiger partial charge on any atom is 0.236 e. The third kappa shape index (κ3) is 4.49. The molecule has 5 heteroatoms. The normalized spacial score (nSPS) is 11.2. The van der Waals surface area contributed by atoms with Crippen molar-refractivity contribution >= 4 is 15.7 Å². The van der Waals surface area contributed by atoms with Crippen LogP contribution in [0.25, 0.3) is 0 Å². The number of sulfonamides is 1. The van der Waals surface area contributed by atoms with E-state index < -0.39 is 10.0 Å². The van der Waals surface area contributed by atoms with Gasteiger partial charge in [0, 0.05) is 5.69 Å². The van der Waals surface area contributed by atoms with E-state index in [1.807, 2.05) is 45.0 Å². The standard InChI is InChI=1S/C17H21NO3S/c1-4-21-17-9-8-16(11-14(17)3)18-22(19,20)12-15-7-5-6-13(2)10-15/h5-11,18H,4,12H2,1-3H3. The number of nitrogens with one attached hydrogen (secondary N) is 1. The Bertz CT molecular complexity index is 754. The largest absolute Gasteiger partial charge is 0.494 e. The Kier molecular flexibility index (Phi) is 5.08. The summed E-state index contributed by atoms with van der Waals surface area (Å²) in [5.74, 6) is 0.727. The molecule has 0 saturated heterocycles. The Morgan fingerprint density at radius 1 is 1.09 bits per heavy atom. The summed E-state index contributed by atoms with van der Waals surface area (Å²) in [7, 11) is -3.44. The van der Waals surface area contributed by atoms with Crippen molar-refractivity contribution in [2.75, 3.05) is 11.3 Å². The Morgan fingerprint density at radius 3 is 2.50 bits per heavy atom. The Labute approximate surface area is 132 Å². The molecule has 1 N–H and O–H groups in total. The van der Waals surface area contributed by atoms with Crippen molar-refractivity contribution in [3.8, 4) is 5.75 Å². The predicted octanol–water partition coefficient (Wildman–Crippen LogP) is 3.64. The Balaban J connectivity index is 2.13. The smallest absolute Gasteiger partial charge is 0.236 e. The summed E-state index contributed by atoms with van der Waals surface area (Å²) in [5, 5.41) is 0. The van der Waals surface area contributed by atoms with Gasteiger partial charge in [0.05, 0.1) is 12.4 Å². The van der Waals surface area contributed by atoms with Crippen molar-refractivity contribution in [3.63, 3.8) is 0 Å². The van der Waals surface area contributed by atoms with Gasteiger partial charge < -0.3 is 4.74 Å². The van der Waals surface area contributed by atoms with E-state index in [0.29, 0.717) is 12.3 Å². The summed E-state index contributed by atoms with van der Waals surface area (Å²) in [4.78, 5) is 0. The fraction of sp³-hybridized carbons (Fsp3) is 0.294. The highest BCUT2D eigenvalue weighted by atomic mass is 32.2. The van der Waals surface area contributed by atoms with Crippen LogP contribution in [0.15, 0.2) is 42.5 Å². The van der Waals surface area contributed by atoms with E-state index in [4.69, 9.17) is 4.74 Å². The lowest BCUT2D eigenvalue weighted by atomic mass is 10.2. The molecule has 0 atom stereocenters. The molecule has 0 aromatic heterocycles. The van der Waals surface area contributed by atoms with Crippen molar-refractivity contribution in [2.24, 2.45) is 0 Å². The van der Waals surface area contributed by atoms with E-state index >= 15 is 0 Å². The first-order valence-electron chi connectivity index (χ1n) is 7.19. The van der Waals surface area contributed by atoms with Crippen LogP contribution < -0.4 is 9.46 Å². The molecule has 0 unspecified atom stereocenters. The topological polar surface area (TPSA) is 55.4 Å². The number of benzene rings is 2. The van der Waals surface area contributed by atoms with Crippen LogP contribution in [-0.2, 0) is 15.8 Å². The molecule has 0 bridgehead atoms. The number of anilines is 1. The lowest BCUT2D eigenvalue weighted by molar-refractivity contribution is 0.338. The summed E-state index contributed by atoms with van der Waals surface area (Å²) in [6.07, 6.45) is 0. The molecule has 2 aromatic carbocycles. The van der Waals surface area contributed by atoms with Crippen LogP contribution in [0.5, 0.6) is 5.75 Å². The maximum atomic E-state index is 12.3. The number of aryl methyl sites for hydroxylation is 2. The fourth-order valence-electron chi connectivity index (χ4n) is 2.27. The van der Waals surface area contributed by atoms with Gasteiger partial charge in [0.1, 0.15) is 5.75 Å². The zero-order valence-corrected chi connectivity index (χ0v) is 13.9. The molecule has 2 rings (SSSR count). The lowest BCUT2D eigenvalue weighted by Gasteiger charge is -2.12. The average molecular weight is 319 g/mol. The molecule has 0 aliphatic rings. The van der Waals surface area contributed by atoms with Gasteiger partial charge in [-0.3, -0.25) is 4.72 Å². The van der Waals surface area contributed by atoms with Crippen LogP contribution in [0.2, 0.25) is 0 Å². The van der Waals surface area contributed by atoms with Crippen LogP contribution >= 0.6 is 0 Å². The average Bonchev–Trinajstić information content (AvgIpc) is 2.41. The third-order valence-electron chi connectivity index (χ3n) is 3.19. The first-order valence-corrected chi connectivity index (χ1v) is 8.84. The van der Waals surface area contributed by atoms with Gasteiger partial charge in [0.2, 0.25) is 10.0 Å². The first kappa shape index (κ1) is 16.4.